The Labute approximate surface area is 927 Å². The fraction of sp³-hybridized carbons (Fsp3) is 0.113. The first-order valence-corrected chi connectivity index (χ1v) is 48.9. The SMILES string of the molecule is CC(=O)C=C(C)O.CC1(C)c2cccc3c2C2c4c-3cccc4C(C)(C)c3cc(N(c4[c-]c(-c5ccccn5)ccc4)c4[c-]c(-c5ccccn5)ccc4)cc1c32.CC1(C)c2ccccc2-c2c[c-]c(-c3ccc4ccccc4n3)cc21.Cc1ccc(-c2nc(-c3c[c-]c(-c4ccccn4)cc3)nc(-c3ccc(C)cc3)n2)cc1.[Ir].[Ir].[Ir].[Pt+2].[c-]1ccccc1-c1cc2c(cn1)-c1ccccc1C2.[c-]1ccccc1-c1ccccn1. The molecule has 21 aromatic rings. The predicted octanol–water partition coefficient (Wildman–Crippen LogP) is 31.4. The number of ketones is 1. The molecule has 12 nitrogen and oxygen atoms in total. The van der Waals surface area contributed by atoms with E-state index in [1.165, 1.54) is 131 Å². The van der Waals surface area contributed by atoms with Crippen LogP contribution in [0.2, 0.25) is 0 Å². The van der Waals surface area contributed by atoms with Gasteiger partial charge in [-0.05, 0) is 205 Å². The van der Waals surface area contributed by atoms with Gasteiger partial charge in [0, 0.05) is 137 Å². The largest absolute Gasteiger partial charge is 2.00 e. The first kappa shape index (κ1) is 105. The average molecular weight is 2640 g/mol. The average Bonchev–Trinajstić information content (AvgIpc) is 1.51. The van der Waals surface area contributed by atoms with Crippen molar-refractivity contribution in [3.05, 3.63) is 528 Å². The van der Waals surface area contributed by atoms with Crippen LogP contribution in [0, 0.1) is 50.2 Å². The van der Waals surface area contributed by atoms with Crippen LogP contribution in [0.25, 0.3) is 146 Å². The van der Waals surface area contributed by atoms with Crippen LogP contribution in [0.15, 0.2) is 419 Å². The van der Waals surface area contributed by atoms with E-state index in [0.717, 1.165) is 113 Å². The number of hydrogen-bond donors (Lipinski definition) is 1. The van der Waals surface area contributed by atoms with Gasteiger partial charge in [0.25, 0.3) is 0 Å². The Morgan fingerprint density at radius 1 is 0.342 bits per heavy atom. The number of para-hydroxylation sites is 1. The van der Waals surface area contributed by atoms with Crippen molar-refractivity contribution in [3.8, 4) is 135 Å². The van der Waals surface area contributed by atoms with E-state index < -0.39 is 0 Å². The number of carbonyl (C=O) groups excluding carboxylic acids is 1. The van der Waals surface area contributed by atoms with Crippen molar-refractivity contribution in [2.75, 3.05) is 4.90 Å². The monoisotopic (exact) mass is 2640 g/mol. The molecule has 0 bridgehead atoms. The smallest absolute Gasteiger partial charge is 0.512 e. The van der Waals surface area contributed by atoms with Crippen molar-refractivity contribution in [3.63, 3.8) is 0 Å². The third-order valence-electron chi connectivity index (χ3n) is 27.8. The molecule has 1 N–H and O–H groups in total. The number of benzene rings is 14. The summed E-state index contributed by atoms with van der Waals surface area (Å²) in [4.78, 5) is 54.1. The van der Waals surface area contributed by atoms with E-state index in [2.05, 4.69) is 328 Å². The van der Waals surface area contributed by atoms with Crippen LogP contribution in [0.1, 0.15) is 134 Å². The Bertz CT molecular complexity index is 8160. The summed E-state index contributed by atoms with van der Waals surface area (Å²) in [5, 5.41) is 9.53. The van der Waals surface area contributed by atoms with E-state index in [1.807, 2.05) is 188 Å². The molecule has 7 aromatic heterocycles. The quantitative estimate of drug-likeness (QED) is 0.0663. The van der Waals surface area contributed by atoms with Crippen LogP contribution in [-0.2, 0) is 109 Å². The summed E-state index contributed by atoms with van der Waals surface area (Å²) < 4.78 is 0. The number of aromatic nitrogens is 9. The number of allylic oxidation sites excluding steroid dienone is 2. The Balaban J connectivity index is 0.000000132. The van der Waals surface area contributed by atoms with Gasteiger partial charge in [0.15, 0.2) is 17.4 Å². The van der Waals surface area contributed by atoms with Gasteiger partial charge >= 0.3 is 21.1 Å². The predicted molar refractivity (Wildman–Crippen MR) is 586 cm³/mol. The zero-order valence-corrected chi connectivity index (χ0v) is 93.1. The van der Waals surface area contributed by atoms with Gasteiger partial charge in [0.05, 0.1) is 11.3 Å². The zero-order chi connectivity index (χ0) is 99.5. The molecule has 0 fully saturated rings. The van der Waals surface area contributed by atoms with Crippen molar-refractivity contribution < 1.29 is 91.3 Å². The number of carbonyl (C=O) groups is 1. The third-order valence-corrected chi connectivity index (χ3v) is 27.8. The van der Waals surface area contributed by atoms with Gasteiger partial charge in [-0.25, -0.2) is 15.0 Å². The molecular weight excluding hydrogens is 2540 g/mol. The van der Waals surface area contributed by atoms with Crippen molar-refractivity contribution in [2.24, 2.45) is 0 Å². The molecule has 26 rings (SSSR count). The number of aliphatic hydroxyl groups excluding tert-OH is 1. The van der Waals surface area contributed by atoms with E-state index >= 15 is 0 Å². The summed E-state index contributed by atoms with van der Waals surface area (Å²) in [5.41, 5.74) is 44.1. The van der Waals surface area contributed by atoms with Gasteiger partial charge in [0.2, 0.25) is 0 Å². The number of rotatable bonds is 13. The number of fused-ring (bicyclic) bond motifs is 8. The van der Waals surface area contributed by atoms with Gasteiger partial charge in [-0.2, -0.15) is 0 Å². The summed E-state index contributed by atoms with van der Waals surface area (Å²) in [6, 6.07) is 150. The molecule has 16 heteroatoms. The maximum Gasteiger partial charge on any atom is 2.00 e. The molecule has 3 radical (unpaired) electrons. The second-order valence-electron chi connectivity index (χ2n) is 38.5. The molecule has 0 spiro atoms. The molecule has 0 saturated carbocycles. The summed E-state index contributed by atoms with van der Waals surface area (Å²) in [7, 11) is 0. The molecule has 0 atom stereocenters. The molecule has 149 heavy (non-hydrogen) atoms. The second kappa shape index (κ2) is 45.7. The molecule has 14 aromatic carbocycles. The van der Waals surface area contributed by atoms with Crippen LogP contribution in [0.5, 0.6) is 0 Å². The van der Waals surface area contributed by atoms with E-state index in [0.29, 0.717) is 17.5 Å². The van der Waals surface area contributed by atoms with Crippen LogP contribution < -0.4 is 4.90 Å². The first-order chi connectivity index (χ1) is 70.6. The number of pyridine rings is 6. The fourth-order valence-electron chi connectivity index (χ4n) is 20.6. The van der Waals surface area contributed by atoms with Crippen molar-refractivity contribution in [2.45, 2.75) is 97.8 Å². The van der Waals surface area contributed by atoms with Crippen molar-refractivity contribution >= 4 is 33.7 Å². The van der Waals surface area contributed by atoms with E-state index in [1.54, 1.807) is 12.4 Å². The van der Waals surface area contributed by atoms with Gasteiger partial charge < -0.3 is 34.9 Å². The van der Waals surface area contributed by atoms with Crippen molar-refractivity contribution in [1.82, 2.24) is 44.9 Å². The maximum atomic E-state index is 10.0. The van der Waals surface area contributed by atoms with Crippen LogP contribution >= 0.6 is 0 Å². The zero-order valence-electron chi connectivity index (χ0n) is 83.7. The molecule has 7 heterocycles. The molecule has 0 aliphatic heterocycles. The summed E-state index contributed by atoms with van der Waals surface area (Å²) in [6.07, 6.45) is 11.4. The molecule has 0 amide bonds. The van der Waals surface area contributed by atoms with E-state index in [-0.39, 0.29) is 115 Å². The summed E-state index contributed by atoms with van der Waals surface area (Å²) in [6.45, 7) is 21.2. The van der Waals surface area contributed by atoms with Gasteiger partial charge in [-0.15, -0.1) is 191 Å². The Morgan fingerprint density at radius 2 is 0.785 bits per heavy atom. The maximum absolute atomic E-state index is 10.0. The molecule has 5 aliphatic rings. The molecule has 0 unspecified atom stereocenters. The van der Waals surface area contributed by atoms with Gasteiger partial charge in [-0.1, -0.05) is 288 Å². The number of hydrogen-bond acceptors (Lipinski definition) is 12. The third kappa shape index (κ3) is 21.8. The van der Waals surface area contributed by atoms with Gasteiger partial charge in [0.1, 0.15) is 5.82 Å². The first-order valence-electron chi connectivity index (χ1n) is 48.9. The van der Waals surface area contributed by atoms with Crippen molar-refractivity contribution in [1.29, 1.82) is 0 Å². The molecule has 737 valence electrons. The van der Waals surface area contributed by atoms with E-state index in [9.17, 15) is 4.79 Å². The number of anilines is 3. The second-order valence-corrected chi connectivity index (χ2v) is 38.5. The molecular formula is C133H102Ir3N10O2Pt-4. The van der Waals surface area contributed by atoms with Crippen LogP contribution in [0.3, 0.4) is 0 Å². The van der Waals surface area contributed by atoms with Gasteiger partial charge in [-0.3, -0.25) is 9.78 Å². The normalized spacial score (nSPS) is 12.8. The molecule has 0 saturated heterocycles. The minimum Gasteiger partial charge on any atom is -0.512 e. The Kier molecular flexibility index (Phi) is 32.3. The summed E-state index contributed by atoms with van der Waals surface area (Å²) in [5.74, 6) is 2.11. The van der Waals surface area contributed by atoms with Crippen LogP contribution in [0.4, 0.5) is 17.1 Å². The number of aliphatic hydroxyl groups is 1. The molecule has 5 aliphatic carbocycles. The standard InChI is InChI=1S/C47H35N3.C28H21N4.C24H18N.C18H12N.C11H8N.C5H8O2.3Ir.Pt/c1-46(2)36-19-11-17-34-35-18-12-20-37-43(35)45(42(34)36)44-38(46)27-33(28-39(44)47(37,3)4)50(31-15-9-13-29(25-31)40-21-5-7-23-48-40)32-16-10-14-30(26-32)41-22-6-8-24-49-41;1-19-6-10-22(11-7-19)26-30-27(23-12-8-20(2)9-13-23)32-28(31-26)24-16-14-21(15-17-24)25-5-3-4-18-29-25;1-24(2)20-9-5-4-8-18(20)19-13-11-17(15-21(19)24)23-14-12-16-7-3-6-10-22(16)25-23;1-2-6-13(7-3-1)18-11-15-10-14-8-4-5-9-16(14)17(15)12-19-18;1-2-6-10(7-3-1)11-8-4-5-9-12-11;1-4(6)3-5(2)7;;;;/h5-24,27-28,45H,1-4H3;3-14,16-18H,1-2H3;3-10,12-15H,1-2H3;1-6,8-9,11-12H,10H2;1-6,8-9H;3,6H,1-2H3;;;;/q-2;4*-1;;;;;+2. The van der Waals surface area contributed by atoms with Crippen LogP contribution in [-0.4, -0.2) is 55.7 Å². The fourth-order valence-corrected chi connectivity index (χ4v) is 20.6. The van der Waals surface area contributed by atoms with E-state index in [4.69, 9.17) is 25.0 Å². The minimum atomic E-state index is -0.206. The number of nitrogens with zero attached hydrogens (tertiary/aromatic N) is 10. The summed E-state index contributed by atoms with van der Waals surface area (Å²) >= 11 is 0. The topological polar surface area (TPSA) is 157 Å². The number of aryl methyl sites for hydroxylation is 2. The Morgan fingerprint density at radius 3 is 1.29 bits per heavy atom. The minimum absolute atomic E-state index is 0. The Hall–Kier alpha value is -15.1.